The minimum absolute atomic E-state index is 0.00120. The molecule has 3 heterocycles. The fourth-order valence-corrected chi connectivity index (χ4v) is 5.72. The highest BCUT2D eigenvalue weighted by Gasteiger charge is 2.39. The maximum Gasteiger partial charge on any atom is 0.254 e. The van der Waals surface area contributed by atoms with Gasteiger partial charge in [-0.2, -0.15) is 5.10 Å². The molecule has 0 bridgehead atoms. The third-order valence-corrected chi connectivity index (χ3v) is 8.26. The third kappa shape index (κ3) is 5.13. The van der Waals surface area contributed by atoms with Gasteiger partial charge in [-0.1, -0.05) is 32.6 Å². The van der Waals surface area contributed by atoms with Crippen LogP contribution in [0.15, 0.2) is 53.5 Å². The van der Waals surface area contributed by atoms with Crippen LogP contribution in [-0.4, -0.2) is 62.7 Å². The van der Waals surface area contributed by atoms with E-state index in [1.165, 1.54) is 17.7 Å². The number of benzene rings is 2. The summed E-state index contributed by atoms with van der Waals surface area (Å²) in [5, 5.41) is 15.3. The van der Waals surface area contributed by atoms with E-state index in [1.807, 2.05) is 4.68 Å². The number of phenolic OH excluding ortho intramolecular Hbond substituents is 1. The zero-order valence-electron chi connectivity index (χ0n) is 22.5. The number of aromatic hydroxyl groups is 1. The molecule has 5 rings (SSSR count). The molecule has 0 fully saturated rings. The van der Waals surface area contributed by atoms with Gasteiger partial charge in [0.2, 0.25) is 5.91 Å². The molecule has 2 aliphatic rings. The molecule has 8 nitrogen and oxygen atoms in total. The summed E-state index contributed by atoms with van der Waals surface area (Å²) in [4.78, 5) is 30.1. The number of halogens is 1. The van der Waals surface area contributed by atoms with Crippen molar-refractivity contribution in [2.24, 2.45) is 0 Å². The highest BCUT2D eigenvalue weighted by Crippen LogP contribution is 2.38. The van der Waals surface area contributed by atoms with Gasteiger partial charge < -0.3 is 19.6 Å². The molecular weight excluding hydrogens is 560 g/mol. The van der Waals surface area contributed by atoms with Crippen LogP contribution in [0.5, 0.6) is 5.75 Å². The van der Waals surface area contributed by atoms with E-state index in [0.717, 1.165) is 28.2 Å². The molecule has 9 heteroatoms. The average molecular weight is 594 g/mol. The smallest absolute Gasteiger partial charge is 0.254 e. The van der Waals surface area contributed by atoms with Crippen molar-refractivity contribution in [3.8, 4) is 11.4 Å². The van der Waals surface area contributed by atoms with E-state index in [4.69, 9.17) is 9.84 Å². The summed E-state index contributed by atoms with van der Waals surface area (Å²) < 4.78 is 8.48. The van der Waals surface area contributed by atoms with Crippen LogP contribution in [0, 0.1) is 6.92 Å². The molecule has 0 aliphatic carbocycles. The Hall–Kier alpha value is -3.43. The van der Waals surface area contributed by atoms with Gasteiger partial charge in [-0.25, -0.2) is 4.68 Å². The Morgan fingerprint density at radius 3 is 2.69 bits per heavy atom. The van der Waals surface area contributed by atoms with Gasteiger partial charge >= 0.3 is 0 Å². The van der Waals surface area contributed by atoms with Gasteiger partial charge in [0.25, 0.3) is 5.91 Å². The summed E-state index contributed by atoms with van der Waals surface area (Å²) in [5.74, 6) is -0.00802. The van der Waals surface area contributed by atoms with Crippen molar-refractivity contribution in [3.63, 3.8) is 0 Å². The van der Waals surface area contributed by atoms with Crippen molar-refractivity contribution in [3.05, 3.63) is 87.2 Å². The van der Waals surface area contributed by atoms with Crippen molar-refractivity contribution in [1.82, 2.24) is 19.6 Å². The predicted octanol–water partition coefficient (Wildman–Crippen LogP) is 5.06. The molecule has 3 aromatic rings. The largest absolute Gasteiger partial charge is 0.507 e. The number of aryl methyl sites for hydroxylation is 1. The molecule has 2 amide bonds. The predicted molar refractivity (Wildman–Crippen MR) is 152 cm³/mol. The Bertz CT molecular complexity index is 1450. The van der Waals surface area contributed by atoms with Crippen molar-refractivity contribution in [2.75, 3.05) is 26.2 Å². The minimum Gasteiger partial charge on any atom is -0.507 e. The van der Waals surface area contributed by atoms with Crippen molar-refractivity contribution in [2.45, 2.75) is 45.8 Å². The summed E-state index contributed by atoms with van der Waals surface area (Å²) in [5.41, 5.74) is 6.48. The topological polar surface area (TPSA) is 87.9 Å². The number of nitrogens with zero attached hydrogens (tertiary/aromatic N) is 4. The molecule has 2 aromatic carbocycles. The van der Waals surface area contributed by atoms with Crippen LogP contribution < -0.4 is 0 Å². The molecular formula is C30H33BrN4O4. The number of ether oxygens (including phenoxy) is 1. The zero-order valence-corrected chi connectivity index (χ0v) is 24.1. The fourth-order valence-electron chi connectivity index (χ4n) is 5.48. The van der Waals surface area contributed by atoms with Gasteiger partial charge in [0, 0.05) is 37.2 Å². The summed E-state index contributed by atoms with van der Waals surface area (Å²) >= 11 is 3.29. The first kappa shape index (κ1) is 27.1. The summed E-state index contributed by atoms with van der Waals surface area (Å²) in [6.45, 7) is 11.9. The second kappa shape index (κ2) is 11.0. The quantitative estimate of drug-likeness (QED) is 0.428. The first-order valence-corrected chi connectivity index (χ1v) is 14.0. The number of aromatic nitrogens is 2. The summed E-state index contributed by atoms with van der Waals surface area (Å²) in [6, 6.07) is 10.8. The first-order chi connectivity index (χ1) is 18.7. The fraction of sp³-hybridized carbons (Fsp3) is 0.367. The van der Waals surface area contributed by atoms with Crippen molar-refractivity contribution in [1.29, 1.82) is 0 Å². The summed E-state index contributed by atoms with van der Waals surface area (Å²) in [6.07, 6.45) is 1.89. The number of phenols is 1. The Morgan fingerprint density at radius 2 is 2.00 bits per heavy atom. The van der Waals surface area contributed by atoms with Crippen molar-refractivity contribution < 1.29 is 19.4 Å². The number of carbonyl (C=O) groups is 2. The molecule has 0 saturated heterocycles. The van der Waals surface area contributed by atoms with E-state index in [0.29, 0.717) is 48.6 Å². The number of carbonyl (C=O) groups excluding carboxylic acids is 2. The lowest BCUT2D eigenvalue weighted by Gasteiger charge is -2.38. The Kier molecular flexibility index (Phi) is 7.64. The van der Waals surface area contributed by atoms with Crippen LogP contribution in [0.2, 0.25) is 0 Å². The second-order valence-electron chi connectivity index (χ2n) is 10.4. The van der Waals surface area contributed by atoms with Gasteiger partial charge in [-0.15, -0.1) is 0 Å². The molecule has 0 saturated carbocycles. The molecule has 204 valence electrons. The normalized spacial score (nSPS) is 17.3. The van der Waals surface area contributed by atoms with E-state index < -0.39 is 6.04 Å². The van der Waals surface area contributed by atoms with E-state index in [9.17, 15) is 14.7 Å². The molecule has 0 unspecified atom stereocenters. The van der Waals surface area contributed by atoms with E-state index in [1.54, 1.807) is 21.9 Å². The van der Waals surface area contributed by atoms with Crippen LogP contribution in [-0.2, 0) is 22.6 Å². The second-order valence-corrected chi connectivity index (χ2v) is 11.2. The van der Waals surface area contributed by atoms with E-state index in [-0.39, 0.29) is 24.2 Å². The van der Waals surface area contributed by atoms with Gasteiger partial charge in [-0.3, -0.25) is 9.59 Å². The molecule has 2 aliphatic heterocycles. The highest BCUT2D eigenvalue weighted by molar-refractivity contribution is 9.10. The van der Waals surface area contributed by atoms with Crippen molar-refractivity contribution >= 4 is 27.7 Å². The van der Waals surface area contributed by atoms with E-state index >= 15 is 0 Å². The van der Waals surface area contributed by atoms with E-state index in [2.05, 4.69) is 61.5 Å². The molecule has 0 radical (unpaired) electrons. The number of amides is 2. The van der Waals surface area contributed by atoms with Gasteiger partial charge in [0.1, 0.15) is 5.75 Å². The third-order valence-electron chi connectivity index (χ3n) is 7.59. The average Bonchev–Trinajstić information content (AvgIpc) is 3.32. The van der Waals surface area contributed by atoms with Crippen LogP contribution in [0.3, 0.4) is 0 Å². The van der Waals surface area contributed by atoms with Crippen LogP contribution >= 0.6 is 15.9 Å². The Morgan fingerprint density at radius 1 is 1.21 bits per heavy atom. The van der Waals surface area contributed by atoms with Crippen LogP contribution in [0.4, 0.5) is 0 Å². The van der Waals surface area contributed by atoms with Crippen LogP contribution in [0.1, 0.15) is 64.2 Å². The Labute approximate surface area is 237 Å². The number of hydrogen-bond donors (Lipinski definition) is 1. The SMILES string of the molecule is C=CC(=O)N1CCOCc2nn(-c3ccc(C(C)C)cc3C)c3c2[C@H](C1)N(C(=O)c1ccc(Br)c(O)c1)CC3. The molecule has 1 atom stereocenters. The molecule has 0 spiro atoms. The minimum atomic E-state index is -0.434. The Balaban J connectivity index is 1.63. The first-order valence-electron chi connectivity index (χ1n) is 13.2. The maximum atomic E-state index is 13.9. The highest BCUT2D eigenvalue weighted by atomic mass is 79.9. The van der Waals surface area contributed by atoms with Gasteiger partial charge in [0.05, 0.1) is 40.8 Å². The maximum absolute atomic E-state index is 13.9. The lowest BCUT2D eigenvalue weighted by Crippen LogP contribution is -2.47. The van der Waals surface area contributed by atoms with Gasteiger partial charge in [0.15, 0.2) is 0 Å². The molecule has 1 N–H and O–H groups in total. The number of rotatable bonds is 4. The standard InChI is InChI=1S/C30H33BrN4O4/c1-5-28(37)33-12-13-39-17-23-29-25(35(32-23)24-9-7-20(18(2)3)14-19(24)4)10-11-34(26(29)16-33)30(38)21-6-8-22(31)27(36)15-21/h5-9,14-15,18,26,36H,1,10-13,16-17H2,2-4H3/t26-/m0/s1. The lowest BCUT2D eigenvalue weighted by molar-refractivity contribution is -0.127. The zero-order chi connectivity index (χ0) is 27.8. The monoisotopic (exact) mass is 592 g/mol. The molecule has 1 aromatic heterocycles. The molecule has 39 heavy (non-hydrogen) atoms. The number of hydrogen-bond acceptors (Lipinski definition) is 5. The summed E-state index contributed by atoms with van der Waals surface area (Å²) in [7, 11) is 0. The van der Waals surface area contributed by atoms with Gasteiger partial charge in [-0.05, 0) is 70.2 Å². The lowest BCUT2D eigenvalue weighted by atomic mass is 9.94. The van der Waals surface area contributed by atoms with Crippen LogP contribution in [0.25, 0.3) is 5.69 Å².